The lowest BCUT2D eigenvalue weighted by atomic mass is 10.3. The van der Waals surface area contributed by atoms with Crippen molar-refractivity contribution < 1.29 is 0 Å². The van der Waals surface area contributed by atoms with Gasteiger partial charge in [-0.1, -0.05) is 0 Å². The van der Waals surface area contributed by atoms with E-state index in [4.69, 9.17) is 0 Å². The zero-order valence-corrected chi connectivity index (χ0v) is 4.66. The van der Waals surface area contributed by atoms with E-state index in [2.05, 4.69) is 10.5 Å². The number of aromatic nitrogens is 2. The van der Waals surface area contributed by atoms with E-state index < -0.39 is 0 Å². The van der Waals surface area contributed by atoms with Gasteiger partial charge in [0.25, 0.3) is 0 Å². The molecule has 1 aliphatic heterocycles. The van der Waals surface area contributed by atoms with Crippen LogP contribution in [0.2, 0.25) is 0 Å². The first-order valence-corrected chi connectivity index (χ1v) is 2.68. The summed E-state index contributed by atoms with van der Waals surface area (Å²) in [5, 5.41) is 3.74. The molecule has 1 aromatic rings. The van der Waals surface area contributed by atoms with Gasteiger partial charge < -0.3 is 5.43 Å². The van der Waals surface area contributed by atoms with E-state index in [0.29, 0.717) is 6.54 Å². The molecule has 1 N–H and O–H groups in total. The fraction of sp³-hybridized carbons (Fsp3) is 0.200. The van der Waals surface area contributed by atoms with Gasteiger partial charge in [-0.05, 0) is 0 Å². The Balaban J connectivity index is 2.79. The Morgan fingerprint density at radius 3 is 3.44 bits per heavy atom. The highest BCUT2D eigenvalue weighted by atomic mass is 16.1. The van der Waals surface area contributed by atoms with Crippen LogP contribution in [0.25, 0.3) is 0 Å². The molecule has 0 fully saturated rings. The molecule has 2 rings (SSSR count). The van der Waals surface area contributed by atoms with Gasteiger partial charge in [-0.3, -0.25) is 4.79 Å². The van der Waals surface area contributed by atoms with Gasteiger partial charge in [-0.15, -0.1) is 0 Å². The van der Waals surface area contributed by atoms with E-state index in [1.54, 1.807) is 6.20 Å². The number of hydrogen-bond donors (Lipinski definition) is 1. The molecule has 0 aliphatic carbocycles. The van der Waals surface area contributed by atoms with Gasteiger partial charge in [0.05, 0.1) is 18.9 Å². The first kappa shape index (κ1) is 4.55. The number of nitrogens with one attached hydrogen (secondary N) is 1. The van der Waals surface area contributed by atoms with Crippen LogP contribution in [0.15, 0.2) is 17.2 Å². The molecular weight excluding hydrogens is 118 g/mol. The summed E-state index contributed by atoms with van der Waals surface area (Å²) in [5.41, 5.74) is 3.66. The van der Waals surface area contributed by atoms with Crippen molar-refractivity contribution >= 4 is 0 Å². The maximum atomic E-state index is 10.8. The highest BCUT2D eigenvalue weighted by molar-refractivity contribution is 5.13. The third-order valence-corrected chi connectivity index (χ3v) is 1.33. The van der Waals surface area contributed by atoms with E-state index in [1.165, 1.54) is 11.0 Å². The van der Waals surface area contributed by atoms with Crippen LogP contribution in [0.3, 0.4) is 0 Å². The molecule has 9 heavy (non-hydrogen) atoms. The quantitative estimate of drug-likeness (QED) is 0.496. The Labute approximate surface area is 51.1 Å². The van der Waals surface area contributed by atoms with E-state index in [1.807, 2.05) is 0 Å². The maximum Gasteiger partial charge on any atom is 0.205 e. The largest absolute Gasteiger partial charge is 0.305 e. The molecule has 0 saturated heterocycles. The monoisotopic (exact) mass is 123 g/mol. The summed E-state index contributed by atoms with van der Waals surface area (Å²) in [6.45, 7) is 0.610. The van der Waals surface area contributed by atoms with Crippen molar-refractivity contribution in [2.45, 2.75) is 6.54 Å². The SMILES string of the molecule is O=c1cnn2cc1CN2. The fourth-order valence-corrected chi connectivity index (χ4v) is 0.828. The van der Waals surface area contributed by atoms with Crippen molar-refractivity contribution in [3.05, 3.63) is 28.2 Å². The number of hydrogen-bond acceptors (Lipinski definition) is 3. The molecule has 0 radical (unpaired) electrons. The second kappa shape index (κ2) is 1.34. The lowest BCUT2D eigenvalue weighted by Gasteiger charge is -1.92. The van der Waals surface area contributed by atoms with E-state index in [-0.39, 0.29) is 5.43 Å². The lowest BCUT2D eigenvalue weighted by molar-refractivity contribution is 0.762. The van der Waals surface area contributed by atoms with Crippen LogP contribution in [-0.2, 0) is 6.54 Å². The molecule has 0 unspecified atom stereocenters. The molecular formula is C5H5N3O. The van der Waals surface area contributed by atoms with Crippen LogP contribution < -0.4 is 10.9 Å². The molecule has 1 aromatic heterocycles. The summed E-state index contributed by atoms with van der Waals surface area (Å²) in [6.07, 6.45) is 3.01. The number of nitrogens with zero attached hydrogens (tertiary/aromatic N) is 2. The molecule has 1 aliphatic rings. The van der Waals surface area contributed by atoms with Crippen LogP contribution in [0.1, 0.15) is 5.56 Å². The van der Waals surface area contributed by atoms with Crippen LogP contribution in [-0.4, -0.2) is 9.89 Å². The standard InChI is InChI=1S/C5H5N3O/c9-5-2-7-8-3-4(5)1-6-8/h2-3,6H,1H2. The molecule has 2 heterocycles. The van der Waals surface area contributed by atoms with E-state index in [9.17, 15) is 4.79 Å². The van der Waals surface area contributed by atoms with Crippen molar-refractivity contribution in [1.82, 2.24) is 9.89 Å². The summed E-state index contributed by atoms with van der Waals surface area (Å²) in [6, 6.07) is 0. The minimum absolute atomic E-state index is 0.0104. The zero-order valence-electron chi connectivity index (χ0n) is 4.66. The summed E-state index contributed by atoms with van der Waals surface area (Å²) in [4.78, 5) is 12.3. The summed E-state index contributed by atoms with van der Waals surface area (Å²) in [7, 11) is 0. The average Bonchev–Trinajstić information content (AvgIpc) is 2.25. The molecule has 46 valence electrons. The van der Waals surface area contributed by atoms with Crippen molar-refractivity contribution in [3.8, 4) is 0 Å². The normalized spacial score (nSPS) is 13.3. The van der Waals surface area contributed by atoms with Gasteiger partial charge in [0.15, 0.2) is 0 Å². The van der Waals surface area contributed by atoms with Crippen molar-refractivity contribution in [2.75, 3.05) is 5.43 Å². The molecule has 4 nitrogen and oxygen atoms in total. The Bertz CT molecular complexity index is 290. The second-order valence-corrected chi connectivity index (χ2v) is 1.94. The van der Waals surface area contributed by atoms with Gasteiger partial charge in [-0.2, -0.15) is 9.89 Å². The Morgan fingerprint density at radius 1 is 1.78 bits per heavy atom. The minimum atomic E-state index is 0.0104. The topological polar surface area (TPSA) is 46.9 Å². The van der Waals surface area contributed by atoms with Crippen LogP contribution in [0, 0.1) is 0 Å². The molecule has 0 aromatic carbocycles. The Kier molecular flexibility index (Phi) is 0.677. The third-order valence-electron chi connectivity index (χ3n) is 1.33. The molecule has 0 spiro atoms. The third kappa shape index (κ3) is 0.526. The molecule has 0 saturated carbocycles. The predicted molar refractivity (Wildman–Crippen MR) is 31.6 cm³/mol. The number of fused-ring (bicyclic) bond motifs is 2. The maximum absolute atomic E-state index is 10.8. The summed E-state index contributed by atoms with van der Waals surface area (Å²) >= 11 is 0. The molecule has 2 bridgehead atoms. The minimum Gasteiger partial charge on any atom is -0.305 e. The van der Waals surface area contributed by atoms with Crippen LogP contribution in [0.5, 0.6) is 0 Å². The highest BCUT2D eigenvalue weighted by Gasteiger charge is 2.06. The fourth-order valence-electron chi connectivity index (χ4n) is 0.828. The van der Waals surface area contributed by atoms with Gasteiger partial charge >= 0.3 is 0 Å². The van der Waals surface area contributed by atoms with Crippen molar-refractivity contribution in [2.24, 2.45) is 0 Å². The number of rotatable bonds is 0. The van der Waals surface area contributed by atoms with Crippen LogP contribution in [0.4, 0.5) is 0 Å². The second-order valence-electron chi connectivity index (χ2n) is 1.94. The molecule has 4 heteroatoms. The van der Waals surface area contributed by atoms with Gasteiger partial charge in [0.2, 0.25) is 5.43 Å². The van der Waals surface area contributed by atoms with Crippen LogP contribution >= 0.6 is 0 Å². The van der Waals surface area contributed by atoms with E-state index >= 15 is 0 Å². The average molecular weight is 123 g/mol. The van der Waals surface area contributed by atoms with Gasteiger partial charge in [-0.25, -0.2) is 0 Å². The van der Waals surface area contributed by atoms with Gasteiger partial charge in [0, 0.05) is 5.56 Å². The van der Waals surface area contributed by atoms with Crippen molar-refractivity contribution in [3.63, 3.8) is 0 Å². The zero-order chi connectivity index (χ0) is 6.27. The lowest BCUT2D eigenvalue weighted by Crippen LogP contribution is -2.07. The van der Waals surface area contributed by atoms with Gasteiger partial charge in [0.1, 0.15) is 0 Å². The Morgan fingerprint density at radius 2 is 2.67 bits per heavy atom. The molecule has 0 atom stereocenters. The summed E-state index contributed by atoms with van der Waals surface area (Å²) < 4.78 is 0. The van der Waals surface area contributed by atoms with Crippen molar-refractivity contribution in [1.29, 1.82) is 0 Å². The first-order valence-electron chi connectivity index (χ1n) is 2.68. The van der Waals surface area contributed by atoms with E-state index in [0.717, 1.165) is 5.56 Å². The predicted octanol–water partition coefficient (Wildman–Crippen LogP) is -0.700. The first-order chi connectivity index (χ1) is 4.36. The molecule has 0 amide bonds. The smallest absolute Gasteiger partial charge is 0.205 e. The summed E-state index contributed by atoms with van der Waals surface area (Å²) in [5.74, 6) is 0. The highest BCUT2D eigenvalue weighted by Crippen LogP contribution is 1.95. The Hall–Kier alpha value is -1.32.